The molecule has 0 aromatic rings. The molecule has 1 N–H and O–H groups in total. The Morgan fingerprint density at radius 1 is 0.760 bits per heavy atom. The molecule has 1 atom stereocenters. The summed E-state index contributed by atoms with van der Waals surface area (Å²) in [4.78, 5) is 28.7. The van der Waals surface area contributed by atoms with Gasteiger partial charge in [-0.15, -0.1) is 0 Å². The predicted molar refractivity (Wildman–Crippen MR) is 99.2 cm³/mol. The number of hydrogen-bond acceptors (Lipinski definition) is 3. The maximum atomic E-state index is 12.4. The quantitative estimate of drug-likeness (QED) is 0.801. The van der Waals surface area contributed by atoms with Gasteiger partial charge in [0.25, 0.3) is 0 Å². The van der Waals surface area contributed by atoms with Gasteiger partial charge in [-0.2, -0.15) is 0 Å². The van der Waals surface area contributed by atoms with E-state index in [1.54, 1.807) is 0 Å². The Bertz CT molecular complexity index is 434. The molecular formula is C20H35N3O2. The van der Waals surface area contributed by atoms with Crippen LogP contribution in [-0.2, 0) is 9.59 Å². The smallest absolute Gasteiger partial charge is 0.222 e. The maximum absolute atomic E-state index is 12.4. The van der Waals surface area contributed by atoms with Crippen molar-refractivity contribution in [2.45, 2.75) is 64.2 Å². The average Bonchev–Trinajstić information content (AvgIpc) is 3.19. The van der Waals surface area contributed by atoms with E-state index in [0.717, 1.165) is 58.0 Å². The molecule has 5 nitrogen and oxygen atoms in total. The molecule has 0 bridgehead atoms. The number of piperazine rings is 1. The van der Waals surface area contributed by atoms with E-state index in [9.17, 15) is 9.59 Å². The molecule has 0 aromatic heterocycles. The fourth-order valence-corrected chi connectivity index (χ4v) is 4.61. The molecule has 1 unspecified atom stereocenters. The maximum Gasteiger partial charge on any atom is 0.222 e. The Balaban J connectivity index is 1.31. The molecule has 2 amide bonds. The van der Waals surface area contributed by atoms with Crippen molar-refractivity contribution in [1.29, 1.82) is 0 Å². The number of rotatable bonds is 6. The largest absolute Gasteiger partial charge is 0.339 e. The zero-order valence-corrected chi connectivity index (χ0v) is 15.7. The monoisotopic (exact) mass is 349 g/mol. The number of amides is 2. The van der Waals surface area contributed by atoms with Crippen molar-refractivity contribution in [2.24, 2.45) is 11.8 Å². The van der Waals surface area contributed by atoms with Gasteiger partial charge in [0.15, 0.2) is 0 Å². The van der Waals surface area contributed by atoms with E-state index in [-0.39, 0.29) is 5.91 Å². The summed E-state index contributed by atoms with van der Waals surface area (Å²) in [5.74, 6) is 2.02. The van der Waals surface area contributed by atoms with Gasteiger partial charge in [-0.3, -0.25) is 9.59 Å². The zero-order valence-electron chi connectivity index (χ0n) is 15.7. The van der Waals surface area contributed by atoms with Crippen LogP contribution in [-0.4, -0.2) is 60.9 Å². The van der Waals surface area contributed by atoms with Crippen LogP contribution in [0.5, 0.6) is 0 Å². The van der Waals surface area contributed by atoms with E-state index >= 15 is 0 Å². The van der Waals surface area contributed by atoms with E-state index in [4.69, 9.17) is 0 Å². The van der Waals surface area contributed by atoms with Crippen LogP contribution in [0.1, 0.15) is 64.2 Å². The third kappa shape index (κ3) is 5.70. The third-order valence-corrected chi connectivity index (χ3v) is 6.41. The van der Waals surface area contributed by atoms with Crippen molar-refractivity contribution in [2.75, 3.05) is 39.3 Å². The molecular weight excluding hydrogens is 314 g/mol. The minimum absolute atomic E-state index is 0.279. The molecule has 2 aliphatic heterocycles. The van der Waals surface area contributed by atoms with E-state index in [0.29, 0.717) is 24.7 Å². The van der Waals surface area contributed by atoms with Crippen LogP contribution in [0.3, 0.4) is 0 Å². The molecule has 3 rings (SSSR count). The molecule has 0 aromatic carbocycles. The van der Waals surface area contributed by atoms with Crippen molar-refractivity contribution in [3.8, 4) is 0 Å². The highest BCUT2D eigenvalue weighted by molar-refractivity contribution is 5.78. The van der Waals surface area contributed by atoms with Gasteiger partial charge in [-0.1, -0.05) is 32.1 Å². The van der Waals surface area contributed by atoms with E-state index in [1.807, 2.05) is 9.80 Å². The molecule has 3 aliphatic rings. The first-order chi connectivity index (χ1) is 12.2. The van der Waals surface area contributed by atoms with Gasteiger partial charge >= 0.3 is 0 Å². The molecule has 0 radical (unpaired) electrons. The highest BCUT2D eigenvalue weighted by Gasteiger charge is 2.25. The lowest BCUT2D eigenvalue weighted by atomic mass is 9.86. The van der Waals surface area contributed by atoms with Crippen molar-refractivity contribution < 1.29 is 9.59 Å². The first-order valence-corrected chi connectivity index (χ1v) is 10.5. The summed E-state index contributed by atoms with van der Waals surface area (Å²) < 4.78 is 0. The minimum Gasteiger partial charge on any atom is -0.339 e. The normalized spacial score (nSPS) is 25.4. The van der Waals surface area contributed by atoms with Gasteiger partial charge in [0.2, 0.25) is 11.8 Å². The van der Waals surface area contributed by atoms with Crippen LogP contribution < -0.4 is 5.32 Å². The van der Waals surface area contributed by atoms with Crippen molar-refractivity contribution in [1.82, 2.24) is 15.1 Å². The molecule has 2 saturated heterocycles. The summed E-state index contributed by atoms with van der Waals surface area (Å²) >= 11 is 0. The van der Waals surface area contributed by atoms with Crippen LogP contribution >= 0.6 is 0 Å². The number of carbonyl (C=O) groups excluding carboxylic acids is 2. The second-order valence-corrected chi connectivity index (χ2v) is 8.20. The lowest BCUT2D eigenvalue weighted by Gasteiger charge is -2.35. The number of nitrogens with one attached hydrogen (secondary N) is 1. The summed E-state index contributed by atoms with van der Waals surface area (Å²) in [6, 6.07) is 0. The van der Waals surface area contributed by atoms with Gasteiger partial charge in [0.05, 0.1) is 0 Å². The zero-order chi connectivity index (χ0) is 17.5. The number of carbonyl (C=O) groups is 2. The van der Waals surface area contributed by atoms with Crippen molar-refractivity contribution >= 4 is 11.8 Å². The average molecular weight is 350 g/mol. The minimum atomic E-state index is 0.279. The Kier molecular flexibility index (Phi) is 7.14. The molecule has 1 saturated carbocycles. The number of nitrogens with zero attached hydrogens (tertiary/aromatic N) is 2. The van der Waals surface area contributed by atoms with Gasteiger partial charge in [-0.05, 0) is 44.2 Å². The van der Waals surface area contributed by atoms with E-state index < -0.39 is 0 Å². The lowest BCUT2D eigenvalue weighted by molar-refractivity contribution is -0.139. The highest BCUT2D eigenvalue weighted by atomic mass is 16.2. The summed E-state index contributed by atoms with van der Waals surface area (Å²) in [6.07, 6.45) is 11.3. The van der Waals surface area contributed by atoms with Crippen LogP contribution in [0, 0.1) is 11.8 Å². The molecule has 5 heteroatoms. The predicted octanol–water partition coefficient (Wildman–Crippen LogP) is 2.41. The Hall–Kier alpha value is -1.10. The van der Waals surface area contributed by atoms with E-state index in [1.165, 1.54) is 38.5 Å². The first-order valence-electron chi connectivity index (χ1n) is 10.5. The van der Waals surface area contributed by atoms with E-state index in [2.05, 4.69) is 5.32 Å². The fraction of sp³-hybridized carbons (Fsp3) is 0.900. The lowest BCUT2D eigenvalue weighted by Crippen LogP contribution is -2.50. The molecule has 2 heterocycles. The van der Waals surface area contributed by atoms with Crippen molar-refractivity contribution in [3.63, 3.8) is 0 Å². The highest BCUT2D eigenvalue weighted by Crippen LogP contribution is 2.27. The molecule has 25 heavy (non-hydrogen) atoms. The third-order valence-electron chi connectivity index (χ3n) is 6.41. The second kappa shape index (κ2) is 9.56. The fourth-order valence-electron chi connectivity index (χ4n) is 4.61. The van der Waals surface area contributed by atoms with Gasteiger partial charge in [0.1, 0.15) is 0 Å². The molecule has 3 fully saturated rings. The van der Waals surface area contributed by atoms with Crippen molar-refractivity contribution in [3.05, 3.63) is 0 Å². The summed E-state index contributed by atoms with van der Waals surface area (Å²) in [6.45, 7) is 5.05. The Labute approximate surface area is 152 Å². The standard InChI is InChI=1S/C20H35N3O2/c24-19(8-6-17-4-2-1-3-5-17)22-12-14-23(15-13-22)20(25)9-7-18-10-11-21-16-18/h17-18,21H,1-16H2. The second-order valence-electron chi connectivity index (χ2n) is 8.20. The van der Waals surface area contributed by atoms with Gasteiger partial charge in [0, 0.05) is 39.0 Å². The SMILES string of the molecule is O=C(CCC1CCCCC1)N1CCN(C(=O)CCC2CCNC2)CC1. The van der Waals surface area contributed by atoms with Crippen LogP contribution in [0.4, 0.5) is 0 Å². The van der Waals surface area contributed by atoms with Gasteiger partial charge in [-0.25, -0.2) is 0 Å². The topological polar surface area (TPSA) is 52.7 Å². The number of hydrogen-bond donors (Lipinski definition) is 1. The molecule has 1 aliphatic carbocycles. The van der Waals surface area contributed by atoms with Crippen LogP contribution in [0.15, 0.2) is 0 Å². The Morgan fingerprint density at radius 2 is 1.32 bits per heavy atom. The summed E-state index contributed by atoms with van der Waals surface area (Å²) in [5, 5.41) is 3.36. The summed E-state index contributed by atoms with van der Waals surface area (Å²) in [7, 11) is 0. The van der Waals surface area contributed by atoms with Gasteiger partial charge < -0.3 is 15.1 Å². The Morgan fingerprint density at radius 3 is 1.84 bits per heavy atom. The summed E-state index contributed by atoms with van der Waals surface area (Å²) in [5.41, 5.74) is 0. The molecule has 0 spiro atoms. The van der Waals surface area contributed by atoms with Crippen LogP contribution in [0.2, 0.25) is 0 Å². The first kappa shape index (κ1) is 18.7. The van der Waals surface area contributed by atoms with Crippen LogP contribution in [0.25, 0.3) is 0 Å². The molecule has 142 valence electrons.